The Morgan fingerprint density at radius 1 is 1.47 bits per heavy atom. The van der Waals surface area contributed by atoms with Crippen molar-refractivity contribution >= 4 is 11.8 Å². The van der Waals surface area contributed by atoms with Crippen molar-refractivity contribution in [1.29, 1.82) is 0 Å². The molecule has 0 bridgehead atoms. The number of hydrogen-bond acceptors (Lipinski definition) is 3. The Bertz CT molecular complexity index is 333. The average molecular weight is 211 g/mol. The normalized spacial score (nSPS) is 10.1. The van der Waals surface area contributed by atoms with Crippen molar-refractivity contribution in [2.75, 3.05) is 26.0 Å². The summed E-state index contributed by atoms with van der Waals surface area (Å²) in [4.78, 5) is 14.5. The van der Waals surface area contributed by atoms with Gasteiger partial charge < -0.3 is 9.42 Å². The summed E-state index contributed by atoms with van der Waals surface area (Å²) >= 11 is 0. The van der Waals surface area contributed by atoms with E-state index in [1.54, 1.807) is 27.2 Å². The van der Waals surface area contributed by atoms with Crippen LogP contribution < -0.4 is 4.90 Å². The molecule has 5 nitrogen and oxygen atoms in total. The molecule has 2 amide bonds. The van der Waals surface area contributed by atoms with E-state index < -0.39 is 0 Å². The van der Waals surface area contributed by atoms with E-state index >= 15 is 0 Å². The fourth-order valence-electron chi connectivity index (χ4n) is 1.22. The number of aromatic nitrogens is 1. The Kier molecular flexibility index (Phi) is 3.71. The Labute approximate surface area is 89.6 Å². The number of carbonyl (C=O) groups is 1. The first-order valence-corrected chi connectivity index (χ1v) is 4.96. The van der Waals surface area contributed by atoms with Crippen LogP contribution in [0.25, 0.3) is 0 Å². The van der Waals surface area contributed by atoms with Gasteiger partial charge in [-0.1, -0.05) is 12.1 Å². The zero-order chi connectivity index (χ0) is 11.4. The van der Waals surface area contributed by atoms with Crippen LogP contribution in [-0.4, -0.2) is 37.2 Å². The summed E-state index contributed by atoms with van der Waals surface area (Å²) in [6.45, 7) is 2.07. The van der Waals surface area contributed by atoms with Crippen LogP contribution in [-0.2, 0) is 6.42 Å². The van der Waals surface area contributed by atoms with Crippen LogP contribution in [0.4, 0.5) is 10.6 Å². The molecule has 1 rings (SSSR count). The van der Waals surface area contributed by atoms with Crippen molar-refractivity contribution in [2.45, 2.75) is 19.8 Å². The minimum Gasteiger partial charge on any atom is -0.359 e. The van der Waals surface area contributed by atoms with Crippen LogP contribution in [0, 0.1) is 0 Å². The molecule has 84 valence electrons. The van der Waals surface area contributed by atoms with Crippen LogP contribution in [0.3, 0.4) is 0 Å². The number of carbonyl (C=O) groups excluding carboxylic acids is 1. The van der Waals surface area contributed by atoms with E-state index in [0.29, 0.717) is 5.82 Å². The van der Waals surface area contributed by atoms with Crippen molar-refractivity contribution in [1.82, 2.24) is 10.1 Å². The van der Waals surface area contributed by atoms with Gasteiger partial charge >= 0.3 is 6.03 Å². The third-order valence-electron chi connectivity index (χ3n) is 2.06. The quantitative estimate of drug-likeness (QED) is 0.765. The molecule has 0 aliphatic carbocycles. The van der Waals surface area contributed by atoms with Crippen molar-refractivity contribution in [2.24, 2.45) is 0 Å². The largest absolute Gasteiger partial charge is 0.359 e. The second kappa shape index (κ2) is 4.82. The van der Waals surface area contributed by atoms with E-state index in [2.05, 4.69) is 12.1 Å². The maximum Gasteiger partial charge on any atom is 0.324 e. The molecule has 0 spiro atoms. The van der Waals surface area contributed by atoms with Gasteiger partial charge in [-0.15, -0.1) is 0 Å². The van der Waals surface area contributed by atoms with E-state index in [0.717, 1.165) is 18.6 Å². The van der Waals surface area contributed by atoms with Gasteiger partial charge in [0.15, 0.2) is 5.82 Å². The predicted octanol–water partition coefficient (Wildman–Crippen LogP) is 1.74. The third kappa shape index (κ3) is 2.71. The smallest absolute Gasteiger partial charge is 0.324 e. The van der Waals surface area contributed by atoms with Gasteiger partial charge in [0.2, 0.25) is 0 Å². The molecule has 0 N–H and O–H groups in total. The lowest BCUT2D eigenvalue weighted by Gasteiger charge is -2.18. The number of hydrogen-bond donors (Lipinski definition) is 0. The van der Waals surface area contributed by atoms with Gasteiger partial charge in [0.05, 0.1) is 0 Å². The van der Waals surface area contributed by atoms with Gasteiger partial charge in [0.25, 0.3) is 0 Å². The molecule has 1 aromatic heterocycles. The highest BCUT2D eigenvalue weighted by atomic mass is 16.5. The molecule has 0 fully saturated rings. The van der Waals surface area contributed by atoms with E-state index in [1.165, 1.54) is 9.80 Å². The summed E-state index contributed by atoms with van der Waals surface area (Å²) in [6, 6.07) is 1.68. The molecule has 0 saturated carbocycles. The van der Waals surface area contributed by atoms with Gasteiger partial charge in [-0.25, -0.2) is 4.79 Å². The Morgan fingerprint density at radius 2 is 2.13 bits per heavy atom. The van der Waals surface area contributed by atoms with E-state index in [1.807, 2.05) is 0 Å². The van der Waals surface area contributed by atoms with Crippen LogP contribution in [0.15, 0.2) is 10.6 Å². The zero-order valence-electron chi connectivity index (χ0n) is 9.65. The molecule has 0 unspecified atom stereocenters. The first-order valence-electron chi connectivity index (χ1n) is 4.96. The zero-order valence-corrected chi connectivity index (χ0v) is 9.65. The number of nitrogens with zero attached hydrogens (tertiary/aromatic N) is 3. The van der Waals surface area contributed by atoms with Crippen molar-refractivity contribution in [3.05, 3.63) is 11.8 Å². The van der Waals surface area contributed by atoms with Crippen molar-refractivity contribution < 1.29 is 9.32 Å². The minimum absolute atomic E-state index is 0.119. The molecule has 1 aromatic rings. The average Bonchev–Trinajstić information content (AvgIpc) is 2.64. The molecule has 15 heavy (non-hydrogen) atoms. The fourth-order valence-corrected chi connectivity index (χ4v) is 1.22. The molecule has 1 heterocycles. The summed E-state index contributed by atoms with van der Waals surface area (Å²) in [5, 5.41) is 3.84. The van der Waals surface area contributed by atoms with Crippen molar-refractivity contribution in [3.63, 3.8) is 0 Å². The summed E-state index contributed by atoms with van der Waals surface area (Å²) in [6.07, 6.45) is 1.84. The second-order valence-corrected chi connectivity index (χ2v) is 3.64. The standard InChI is InChI=1S/C10H17N3O2/c1-5-6-8-7-9(11-15-8)13(4)10(14)12(2)3/h7H,5-6H2,1-4H3. The number of anilines is 1. The Hall–Kier alpha value is -1.52. The van der Waals surface area contributed by atoms with Gasteiger partial charge in [0, 0.05) is 33.6 Å². The Balaban J connectivity index is 2.73. The molecular weight excluding hydrogens is 194 g/mol. The Morgan fingerprint density at radius 3 is 2.67 bits per heavy atom. The first-order chi connectivity index (χ1) is 7.06. The number of urea groups is 1. The van der Waals surface area contributed by atoms with Crippen molar-refractivity contribution in [3.8, 4) is 0 Å². The third-order valence-corrected chi connectivity index (χ3v) is 2.06. The highest BCUT2D eigenvalue weighted by molar-refractivity contribution is 5.89. The van der Waals surface area contributed by atoms with Crippen LogP contribution in [0.1, 0.15) is 19.1 Å². The van der Waals surface area contributed by atoms with Crippen LogP contribution >= 0.6 is 0 Å². The summed E-state index contributed by atoms with van der Waals surface area (Å²) < 4.78 is 5.09. The highest BCUT2D eigenvalue weighted by Crippen LogP contribution is 2.15. The lowest BCUT2D eigenvalue weighted by molar-refractivity contribution is 0.224. The highest BCUT2D eigenvalue weighted by Gasteiger charge is 2.16. The first kappa shape index (κ1) is 11.6. The molecule has 0 aliphatic rings. The fraction of sp³-hybridized carbons (Fsp3) is 0.600. The predicted molar refractivity (Wildman–Crippen MR) is 58.0 cm³/mol. The lowest BCUT2D eigenvalue weighted by Crippen LogP contribution is -2.36. The lowest BCUT2D eigenvalue weighted by atomic mass is 10.3. The van der Waals surface area contributed by atoms with Crippen LogP contribution in [0.2, 0.25) is 0 Å². The van der Waals surface area contributed by atoms with Gasteiger partial charge in [-0.2, -0.15) is 0 Å². The second-order valence-electron chi connectivity index (χ2n) is 3.64. The topological polar surface area (TPSA) is 49.6 Å². The number of aryl methyl sites for hydroxylation is 1. The van der Waals surface area contributed by atoms with Gasteiger partial charge in [-0.3, -0.25) is 4.90 Å². The SMILES string of the molecule is CCCc1cc(N(C)C(=O)N(C)C)no1. The van der Waals surface area contributed by atoms with Crippen LogP contribution in [0.5, 0.6) is 0 Å². The summed E-state index contributed by atoms with van der Waals surface area (Å²) in [5.41, 5.74) is 0. The summed E-state index contributed by atoms with van der Waals surface area (Å²) in [5.74, 6) is 1.36. The molecule has 0 radical (unpaired) electrons. The van der Waals surface area contributed by atoms with Gasteiger partial charge in [0.1, 0.15) is 5.76 Å². The maximum atomic E-state index is 11.6. The molecule has 0 atom stereocenters. The molecule has 0 saturated heterocycles. The van der Waals surface area contributed by atoms with E-state index in [9.17, 15) is 4.79 Å². The molecule has 0 aromatic carbocycles. The number of amides is 2. The number of rotatable bonds is 3. The molecule has 0 aliphatic heterocycles. The van der Waals surface area contributed by atoms with E-state index in [4.69, 9.17) is 4.52 Å². The maximum absolute atomic E-state index is 11.6. The summed E-state index contributed by atoms with van der Waals surface area (Å²) in [7, 11) is 5.08. The minimum atomic E-state index is -0.119. The van der Waals surface area contributed by atoms with Gasteiger partial charge in [-0.05, 0) is 6.42 Å². The molecular formula is C10H17N3O2. The van der Waals surface area contributed by atoms with E-state index in [-0.39, 0.29) is 6.03 Å². The monoisotopic (exact) mass is 211 g/mol. The molecule has 5 heteroatoms.